The number of amides is 2. The number of ether oxygens (including phenoxy) is 3. The number of hydrazone groups is 1. The first kappa shape index (κ1) is 31.8. The SMILES string of the molecule is COc1ccc(N(CC(=O)N/N=C\c2ccc(OCC(=O)NC[C@@H]3CCCO3)cc2)S(=O)(=O)c2ccc(C)cc2)cc1Cl. The maximum Gasteiger partial charge on any atom is 0.264 e. The van der Waals surface area contributed by atoms with E-state index >= 15 is 0 Å². The highest BCUT2D eigenvalue weighted by atomic mass is 35.5. The maximum absolute atomic E-state index is 13.6. The first-order valence-corrected chi connectivity index (χ1v) is 15.3. The Labute approximate surface area is 255 Å². The van der Waals surface area contributed by atoms with Crippen LogP contribution in [0.25, 0.3) is 0 Å². The number of sulfonamides is 1. The van der Waals surface area contributed by atoms with Gasteiger partial charge in [-0.05, 0) is 79.9 Å². The lowest BCUT2D eigenvalue weighted by molar-refractivity contribution is -0.123. The van der Waals surface area contributed by atoms with Crippen LogP contribution in [0.4, 0.5) is 5.69 Å². The van der Waals surface area contributed by atoms with E-state index < -0.39 is 22.5 Å². The second kappa shape index (κ2) is 14.9. The number of nitrogens with one attached hydrogen (secondary N) is 2. The van der Waals surface area contributed by atoms with Crippen LogP contribution in [-0.4, -0.2) is 66.0 Å². The van der Waals surface area contributed by atoms with Gasteiger partial charge in [-0.3, -0.25) is 13.9 Å². The van der Waals surface area contributed by atoms with E-state index in [0.29, 0.717) is 23.6 Å². The molecule has 1 atom stereocenters. The number of nitrogens with zero attached hydrogens (tertiary/aromatic N) is 2. The predicted octanol–water partition coefficient (Wildman–Crippen LogP) is 3.68. The van der Waals surface area contributed by atoms with Gasteiger partial charge in [0.25, 0.3) is 21.8 Å². The maximum atomic E-state index is 13.6. The fraction of sp³-hybridized carbons (Fsp3) is 0.300. The Morgan fingerprint density at radius 1 is 1.09 bits per heavy atom. The smallest absolute Gasteiger partial charge is 0.264 e. The van der Waals surface area contributed by atoms with Gasteiger partial charge in [0.05, 0.1) is 35.0 Å². The second-order valence-corrected chi connectivity index (χ2v) is 12.0. The quantitative estimate of drug-likeness (QED) is 0.218. The lowest BCUT2D eigenvalue weighted by Gasteiger charge is -2.24. The molecule has 3 aromatic carbocycles. The summed E-state index contributed by atoms with van der Waals surface area (Å²) in [6.07, 6.45) is 3.40. The fourth-order valence-electron chi connectivity index (χ4n) is 4.19. The van der Waals surface area contributed by atoms with E-state index in [9.17, 15) is 18.0 Å². The molecule has 2 amide bonds. The Morgan fingerprint density at radius 2 is 1.84 bits per heavy atom. The molecular formula is C30H33ClN4O7S. The van der Waals surface area contributed by atoms with Crippen LogP contribution in [0.15, 0.2) is 76.7 Å². The molecule has 0 aromatic heterocycles. The molecule has 4 rings (SSSR count). The van der Waals surface area contributed by atoms with Gasteiger partial charge in [-0.25, -0.2) is 13.8 Å². The largest absolute Gasteiger partial charge is 0.495 e. The van der Waals surface area contributed by atoms with Gasteiger partial charge >= 0.3 is 0 Å². The van der Waals surface area contributed by atoms with Crippen LogP contribution in [0.3, 0.4) is 0 Å². The molecule has 1 saturated heterocycles. The molecule has 13 heteroatoms. The number of benzene rings is 3. The van der Waals surface area contributed by atoms with E-state index in [2.05, 4.69) is 15.8 Å². The molecule has 228 valence electrons. The zero-order valence-electron chi connectivity index (χ0n) is 23.8. The molecule has 0 saturated carbocycles. The average Bonchev–Trinajstić information content (AvgIpc) is 3.52. The molecule has 11 nitrogen and oxygen atoms in total. The number of carbonyl (C=O) groups excluding carboxylic acids is 2. The average molecular weight is 629 g/mol. The predicted molar refractivity (Wildman–Crippen MR) is 163 cm³/mol. The highest BCUT2D eigenvalue weighted by Gasteiger charge is 2.28. The molecule has 0 unspecified atom stereocenters. The van der Waals surface area contributed by atoms with Crippen LogP contribution < -0.4 is 24.5 Å². The molecule has 0 radical (unpaired) electrons. The number of rotatable bonds is 13. The van der Waals surface area contributed by atoms with Crippen LogP contribution in [0.2, 0.25) is 5.02 Å². The standard InChI is InChI=1S/C30H33ClN4O7S/c1-21-5-12-26(13-6-21)43(38,39)35(23-9-14-28(40-2)27(31)16-23)19-29(36)34-33-17-22-7-10-24(11-8-22)42-20-30(37)32-18-25-4-3-15-41-25/h5-14,16-17,25H,3-4,15,18-20H2,1-2H3,(H,32,37)(H,34,36)/b33-17-/t25-/m0/s1. The molecule has 1 aliphatic rings. The Kier molecular flexibility index (Phi) is 11.0. The minimum atomic E-state index is -4.13. The van der Waals surface area contributed by atoms with Crippen LogP contribution in [-0.2, 0) is 24.3 Å². The van der Waals surface area contributed by atoms with E-state index in [1.54, 1.807) is 36.4 Å². The summed E-state index contributed by atoms with van der Waals surface area (Å²) in [4.78, 5) is 24.9. The number of halogens is 1. The zero-order valence-corrected chi connectivity index (χ0v) is 25.4. The zero-order chi connectivity index (χ0) is 30.8. The molecule has 1 fully saturated rings. The van der Waals surface area contributed by atoms with Crippen molar-refractivity contribution in [2.75, 3.05) is 37.7 Å². The number of methoxy groups -OCH3 is 1. The summed E-state index contributed by atoms with van der Waals surface area (Å²) >= 11 is 6.26. The van der Waals surface area contributed by atoms with E-state index in [0.717, 1.165) is 29.3 Å². The topological polar surface area (TPSA) is 136 Å². The summed E-state index contributed by atoms with van der Waals surface area (Å²) in [6, 6.07) is 17.5. The van der Waals surface area contributed by atoms with Crippen molar-refractivity contribution in [3.05, 3.63) is 82.9 Å². The van der Waals surface area contributed by atoms with Crippen LogP contribution in [0, 0.1) is 6.92 Å². The fourth-order valence-corrected chi connectivity index (χ4v) is 5.86. The van der Waals surface area contributed by atoms with Gasteiger partial charge in [-0.2, -0.15) is 5.10 Å². The van der Waals surface area contributed by atoms with Gasteiger partial charge in [0, 0.05) is 13.2 Å². The number of aryl methyl sites for hydroxylation is 1. The molecule has 2 N–H and O–H groups in total. The molecule has 0 spiro atoms. The summed E-state index contributed by atoms with van der Waals surface area (Å²) in [5.41, 5.74) is 4.08. The number of anilines is 1. The third-order valence-electron chi connectivity index (χ3n) is 6.52. The van der Waals surface area contributed by atoms with Gasteiger partial charge in [0.1, 0.15) is 18.0 Å². The monoisotopic (exact) mass is 628 g/mol. The van der Waals surface area contributed by atoms with Crippen molar-refractivity contribution in [3.63, 3.8) is 0 Å². The summed E-state index contributed by atoms with van der Waals surface area (Å²) < 4.78 is 44.2. The van der Waals surface area contributed by atoms with E-state index in [4.69, 9.17) is 25.8 Å². The molecule has 0 aliphatic carbocycles. The van der Waals surface area contributed by atoms with Gasteiger partial charge in [0.15, 0.2) is 6.61 Å². The summed E-state index contributed by atoms with van der Waals surface area (Å²) in [5, 5.41) is 6.94. The molecule has 0 bridgehead atoms. The minimum Gasteiger partial charge on any atom is -0.495 e. The molecule has 43 heavy (non-hydrogen) atoms. The molecular weight excluding hydrogens is 596 g/mol. The van der Waals surface area contributed by atoms with Crippen LogP contribution in [0.1, 0.15) is 24.0 Å². The highest BCUT2D eigenvalue weighted by molar-refractivity contribution is 7.92. The van der Waals surface area contributed by atoms with Gasteiger partial charge < -0.3 is 19.5 Å². The van der Waals surface area contributed by atoms with Crippen molar-refractivity contribution in [1.29, 1.82) is 0 Å². The summed E-state index contributed by atoms with van der Waals surface area (Å²) in [5.74, 6) is -0.0585. The van der Waals surface area contributed by atoms with E-state index in [-0.39, 0.29) is 34.2 Å². The Morgan fingerprint density at radius 3 is 2.49 bits per heavy atom. The van der Waals surface area contributed by atoms with Gasteiger partial charge in [0.2, 0.25) is 0 Å². The first-order chi connectivity index (χ1) is 20.7. The van der Waals surface area contributed by atoms with Crippen LogP contribution >= 0.6 is 11.6 Å². The third kappa shape index (κ3) is 8.93. The normalized spacial score (nSPS) is 14.8. The van der Waals surface area contributed by atoms with Crippen molar-refractivity contribution in [2.24, 2.45) is 5.10 Å². The Bertz CT molecular complexity index is 1540. The Hall–Kier alpha value is -4.13. The summed E-state index contributed by atoms with van der Waals surface area (Å²) in [6.45, 7) is 2.35. The lowest BCUT2D eigenvalue weighted by atomic mass is 10.2. The van der Waals surface area contributed by atoms with E-state index in [1.807, 2.05) is 6.92 Å². The van der Waals surface area contributed by atoms with Gasteiger partial charge in [-0.1, -0.05) is 29.3 Å². The van der Waals surface area contributed by atoms with Crippen molar-refractivity contribution in [3.8, 4) is 11.5 Å². The summed E-state index contributed by atoms with van der Waals surface area (Å²) in [7, 11) is -2.69. The highest BCUT2D eigenvalue weighted by Crippen LogP contribution is 2.32. The molecule has 1 aliphatic heterocycles. The molecule has 1 heterocycles. The first-order valence-electron chi connectivity index (χ1n) is 13.5. The van der Waals surface area contributed by atoms with Crippen LogP contribution in [0.5, 0.6) is 11.5 Å². The molecule has 3 aromatic rings. The minimum absolute atomic E-state index is 0.0176. The third-order valence-corrected chi connectivity index (χ3v) is 8.61. The Balaban J connectivity index is 1.36. The van der Waals surface area contributed by atoms with Crippen molar-refractivity contribution < 1.29 is 32.2 Å². The van der Waals surface area contributed by atoms with Crippen molar-refractivity contribution in [2.45, 2.75) is 30.8 Å². The number of hydrogen-bond acceptors (Lipinski definition) is 8. The number of carbonyl (C=O) groups is 2. The second-order valence-electron chi connectivity index (χ2n) is 9.73. The lowest BCUT2D eigenvalue weighted by Crippen LogP contribution is -2.39. The van der Waals surface area contributed by atoms with Crippen molar-refractivity contribution in [1.82, 2.24) is 10.7 Å². The van der Waals surface area contributed by atoms with Crippen molar-refractivity contribution >= 4 is 45.3 Å². The number of hydrogen-bond donors (Lipinski definition) is 2. The van der Waals surface area contributed by atoms with E-state index in [1.165, 1.54) is 43.7 Å². The van der Waals surface area contributed by atoms with Gasteiger partial charge in [-0.15, -0.1) is 0 Å².